The predicted octanol–water partition coefficient (Wildman–Crippen LogP) is 3.06. The Morgan fingerprint density at radius 3 is 2.52 bits per heavy atom. The minimum absolute atomic E-state index is 0.0136. The van der Waals surface area contributed by atoms with Crippen LogP contribution in [0.4, 0.5) is 5.69 Å². The fourth-order valence-corrected chi connectivity index (χ4v) is 2.09. The van der Waals surface area contributed by atoms with Crippen molar-refractivity contribution >= 4 is 29.2 Å². The van der Waals surface area contributed by atoms with Crippen molar-refractivity contribution in [1.29, 1.82) is 0 Å². The van der Waals surface area contributed by atoms with Gasteiger partial charge in [0, 0.05) is 16.3 Å². The van der Waals surface area contributed by atoms with Crippen LogP contribution in [0.1, 0.15) is 23.9 Å². The van der Waals surface area contributed by atoms with E-state index in [1.165, 1.54) is 6.92 Å². The highest BCUT2D eigenvalue weighted by molar-refractivity contribution is 6.30. The van der Waals surface area contributed by atoms with E-state index in [4.69, 9.17) is 20.9 Å². The molecular weight excluding hydrogens is 320 g/mol. The molecule has 0 bridgehead atoms. The highest BCUT2D eigenvalue weighted by Gasteiger charge is 2.20. The molecule has 1 amide bonds. The topological polar surface area (TPSA) is 81.4 Å². The lowest BCUT2D eigenvalue weighted by atomic mass is 10.1. The molecule has 6 nitrogen and oxygen atoms in total. The molecule has 1 heterocycles. The van der Waals surface area contributed by atoms with E-state index in [9.17, 15) is 9.59 Å². The van der Waals surface area contributed by atoms with Crippen molar-refractivity contribution in [1.82, 2.24) is 5.16 Å². The van der Waals surface area contributed by atoms with E-state index in [0.717, 1.165) is 0 Å². The zero-order valence-electron chi connectivity index (χ0n) is 13.1. The molecule has 1 atom stereocenters. The summed E-state index contributed by atoms with van der Waals surface area (Å²) in [7, 11) is 0. The second-order valence-electron chi connectivity index (χ2n) is 5.11. The Morgan fingerprint density at radius 2 is 1.96 bits per heavy atom. The standard InChI is InChI=1S/C16H17ClN2O4/c1-9-14(10(2)23-19-9)8-15(20)22-11(3)16(21)18-13-6-4-12(17)5-7-13/h4-7,11H,8H2,1-3H3,(H,18,21)/t11-/m0/s1. The molecule has 0 aliphatic rings. The van der Waals surface area contributed by atoms with Gasteiger partial charge in [0.25, 0.3) is 5.91 Å². The number of esters is 1. The van der Waals surface area contributed by atoms with Gasteiger partial charge in [-0.25, -0.2) is 0 Å². The van der Waals surface area contributed by atoms with Crippen LogP contribution in [0.3, 0.4) is 0 Å². The summed E-state index contributed by atoms with van der Waals surface area (Å²) in [4.78, 5) is 24.0. The maximum Gasteiger partial charge on any atom is 0.311 e. The third kappa shape index (κ3) is 4.56. The highest BCUT2D eigenvalue weighted by Crippen LogP contribution is 2.15. The molecule has 0 radical (unpaired) electrons. The molecule has 2 rings (SSSR count). The van der Waals surface area contributed by atoms with E-state index in [0.29, 0.717) is 27.7 Å². The maximum atomic E-state index is 12.0. The summed E-state index contributed by atoms with van der Waals surface area (Å²) in [5.74, 6) is -0.365. The van der Waals surface area contributed by atoms with E-state index in [1.54, 1.807) is 38.1 Å². The number of nitrogens with one attached hydrogen (secondary N) is 1. The molecule has 7 heteroatoms. The lowest BCUT2D eigenvalue weighted by Gasteiger charge is -2.13. The third-order valence-corrected chi connectivity index (χ3v) is 3.54. The van der Waals surface area contributed by atoms with Crippen LogP contribution >= 0.6 is 11.6 Å². The van der Waals surface area contributed by atoms with E-state index < -0.39 is 18.0 Å². The first-order valence-electron chi connectivity index (χ1n) is 7.04. The second kappa shape index (κ2) is 7.28. The molecule has 0 saturated carbocycles. The van der Waals surface area contributed by atoms with Gasteiger partial charge < -0.3 is 14.6 Å². The monoisotopic (exact) mass is 336 g/mol. The number of nitrogens with zero attached hydrogens (tertiary/aromatic N) is 1. The summed E-state index contributed by atoms with van der Waals surface area (Å²) in [6, 6.07) is 6.65. The van der Waals surface area contributed by atoms with Crippen LogP contribution in [-0.4, -0.2) is 23.1 Å². The average Bonchev–Trinajstić information content (AvgIpc) is 2.81. The van der Waals surface area contributed by atoms with Gasteiger partial charge in [-0.1, -0.05) is 16.8 Å². The van der Waals surface area contributed by atoms with Crippen molar-refractivity contribution < 1.29 is 18.8 Å². The van der Waals surface area contributed by atoms with Gasteiger partial charge in [-0.3, -0.25) is 9.59 Å². The van der Waals surface area contributed by atoms with Crippen molar-refractivity contribution in [3.8, 4) is 0 Å². The van der Waals surface area contributed by atoms with Crippen LogP contribution in [-0.2, 0) is 20.7 Å². The van der Waals surface area contributed by atoms with Gasteiger partial charge in [0.1, 0.15) is 5.76 Å². The number of carbonyl (C=O) groups is 2. The van der Waals surface area contributed by atoms with Crippen LogP contribution in [0.5, 0.6) is 0 Å². The number of rotatable bonds is 5. The molecule has 1 N–H and O–H groups in total. The van der Waals surface area contributed by atoms with Crippen molar-refractivity contribution in [3.05, 3.63) is 46.3 Å². The molecule has 23 heavy (non-hydrogen) atoms. The van der Waals surface area contributed by atoms with Crippen LogP contribution in [0.15, 0.2) is 28.8 Å². The Kier molecular flexibility index (Phi) is 5.39. The number of anilines is 1. The summed E-state index contributed by atoms with van der Waals surface area (Å²) >= 11 is 5.78. The predicted molar refractivity (Wildman–Crippen MR) is 85.3 cm³/mol. The number of benzene rings is 1. The Balaban J connectivity index is 1.90. The first kappa shape index (κ1) is 17.0. The summed E-state index contributed by atoms with van der Waals surface area (Å²) in [5, 5.41) is 7.00. The summed E-state index contributed by atoms with van der Waals surface area (Å²) in [6.45, 7) is 4.98. The minimum Gasteiger partial charge on any atom is -0.452 e. The molecule has 0 aliphatic carbocycles. The quantitative estimate of drug-likeness (QED) is 0.849. The number of halogens is 1. The fourth-order valence-electron chi connectivity index (χ4n) is 1.97. The molecule has 2 aromatic rings. The first-order chi connectivity index (χ1) is 10.9. The summed E-state index contributed by atoms with van der Waals surface area (Å²) < 4.78 is 10.1. The van der Waals surface area contributed by atoms with Crippen molar-refractivity contribution in [2.75, 3.05) is 5.32 Å². The fraction of sp³-hybridized carbons (Fsp3) is 0.312. The first-order valence-corrected chi connectivity index (χ1v) is 7.42. The van der Waals surface area contributed by atoms with Crippen molar-refractivity contribution in [2.24, 2.45) is 0 Å². The van der Waals surface area contributed by atoms with Gasteiger partial charge >= 0.3 is 5.97 Å². The van der Waals surface area contributed by atoms with E-state index in [2.05, 4.69) is 10.5 Å². The molecular formula is C16H17ClN2O4. The van der Waals surface area contributed by atoms with Gasteiger partial charge in [-0.2, -0.15) is 0 Å². The number of hydrogen-bond donors (Lipinski definition) is 1. The Labute approximate surface area is 138 Å². The summed E-state index contributed by atoms with van der Waals surface area (Å²) in [6.07, 6.45) is -0.904. The minimum atomic E-state index is -0.918. The molecule has 1 aromatic heterocycles. The lowest BCUT2D eigenvalue weighted by molar-refractivity contribution is -0.152. The Bertz CT molecular complexity index is 690. The van der Waals surface area contributed by atoms with Crippen molar-refractivity contribution in [3.63, 3.8) is 0 Å². The number of aromatic nitrogens is 1. The van der Waals surface area contributed by atoms with Crippen LogP contribution < -0.4 is 5.32 Å². The summed E-state index contributed by atoms with van der Waals surface area (Å²) in [5.41, 5.74) is 1.89. The molecule has 0 fully saturated rings. The van der Waals surface area contributed by atoms with Gasteiger partial charge in [0.15, 0.2) is 6.10 Å². The lowest BCUT2D eigenvalue weighted by Crippen LogP contribution is -2.30. The van der Waals surface area contributed by atoms with Crippen LogP contribution in [0.2, 0.25) is 5.02 Å². The van der Waals surface area contributed by atoms with Gasteiger partial charge in [-0.15, -0.1) is 0 Å². The Hall–Kier alpha value is -2.34. The molecule has 0 aliphatic heterocycles. The van der Waals surface area contributed by atoms with Gasteiger partial charge in [0.05, 0.1) is 12.1 Å². The molecule has 0 spiro atoms. The average molecular weight is 337 g/mol. The van der Waals surface area contributed by atoms with Crippen LogP contribution in [0.25, 0.3) is 0 Å². The number of carbonyl (C=O) groups excluding carboxylic acids is 2. The number of ether oxygens (including phenoxy) is 1. The zero-order chi connectivity index (χ0) is 17.0. The molecule has 1 aromatic carbocycles. The second-order valence-corrected chi connectivity index (χ2v) is 5.54. The third-order valence-electron chi connectivity index (χ3n) is 3.29. The van der Waals surface area contributed by atoms with Gasteiger partial charge in [0.2, 0.25) is 0 Å². The smallest absolute Gasteiger partial charge is 0.311 e. The number of aryl methyl sites for hydroxylation is 2. The van der Waals surface area contributed by atoms with E-state index in [-0.39, 0.29) is 6.42 Å². The molecule has 0 saturated heterocycles. The Morgan fingerprint density at radius 1 is 1.30 bits per heavy atom. The number of hydrogen-bond acceptors (Lipinski definition) is 5. The molecule has 0 unspecified atom stereocenters. The maximum absolute atomic E-state index is 12.0. The highest BCUT2D eigenvalue weighted by atomic mass is 35.5. The van der Waals surface area contributed by atoms with Crippen molar-refractivity contribution in [2.45, 2.75) is 33.3 Å². The van der Waals surface area contributed by atoms with E-state index in [1.807, 2.05) is 0 Å². The van der Waals surface area contributed by atoms with Crippen LogP contribution in [0, 0.1) is 13.8 Å². The van der Waals surface area contributed by atoms with E-state index >= 15 is 0 Å². The zero-order valence-corrected chi connectivity index (χ0v) is 13.8. The van der Waals surface area contributed by atoms with Gasteiger partial charge in [-0.05, 0) is 45.0 Å². The SMILES string of the molecule is Cc1noc(C)c1CC(=O)O[C@@H](C)C(=O)Nc1ccc(Cl)cc1. The largest absolute Gasteiger partial charge is 0.452 e. The molecule has 122 valence electrons. The number of amides is 1. The normalized spacial score (nSPS) is 11.8.